The Labute approximate surface area is 305 Å². The highest BCUT2D eigenvalue weighted by Gasteiger charge is 2.44. The second-order valence-corrected chi connectivity index (χ2v) is 14.4. The molecule has 9 nitrogen and oxygen atoms in total. The first-order valence-electron chi connectivity index (χ1n) is 20.6. The van der Waals surface area contributed by atoms with Crippen LogP contribution in [0.1, 0.15) is 174 Å². The van der Waals surface area contributed by atoms with Crippen LogP contribution in [0.4, 0.5) is 0 Å². The molecule has 7 atom stereocenters. The number of nitrogens with one attached hydrogen (secondary N) is 1. The van der Waals surface area contributed by atoms with Crippen LogP contribution in [0, 0.1) is 0 Å². The number of allylic oxidation sites excluding steroid dienone is 3. The largest absolute Gasteiger partial charge is 0.394 e. The van der Waals surface area contributed by atoms with Crippen molar-refractivity contribution in [3.8, 4) is 0 Å². The van der Waals surface area contributed by atoms with Crippen molar-refractivity contribution in [2.75, 3.05) is 13.2 Å². The van der Waals surface area contributed by atoms with Gasteiger partial charge in [-0.15, -0.1) is 0 Å². The molecule has 1 saturated heterocycles. The molecule has 0 aromatic heterocycles. The average molecular weight is 712 g/mol. The number of rotatable bonds is 33. The fourth-order valence-electron chi connectivity index (χ4n) is 6.38. The van der Waals surface area contributed by atoms with Crippen LogP contribution >= 0.6 is 0 Å². The van der Waals surface area contributed by atoms with Crippen molar-refractivity contribution in [3.63, 3.8) is 0 Å². The number of aliphatic hydroxyl groups excluding tert-OH is 5. The van der Waals surface area contributed by atoms with Crippen molar-refractivity contribution in [1.29, 1.82) is 0 Å². The predicted molar refractivity (Wildman–Crippen MR) is 203 cm³/mol. The molecule has 1 aliphatic rings. The molecule has 0 aliphatic carbocycles. The van der Waals surface area contributed by atoms with Crippen LogP contribution in [0.3, 0.4) is 0 Å². The van der Waals surface area contributed by atoms with E-state index in [0.29, 0.717) is 6.42 Å². The van der Waals surface area contributed by atoms with E-state index in [1.807, 2.05) is 6.08 Å². The molecule has 50 heavy (non-hydrogen) atoms. The second-order valence-electron chi connectivity index (χ2n) is 14.4. The zero-order valence-electron chi connectivity index (χ0n) is 31.9. The van der Waals surface area contributed by atoms with Crippen LogP contribution in [0.25, 0.3) is 0 Å². The zero-order valence-corrected chi connectivity index (χ0v) is 31.9. The number of aliphatic hydroxyl groups is 5. The number of ether oxygens (including phenoxy) is 2. The maximum atomic E-state index is 12.8. The summed E-state index contributed by atoms with van der Waals surface area (Å²) in [5, 5.41) is 53.7. The lowest BCUT2D eigenvalue weighted by atomic mass is 9.99. The Balaban J connectivity index is 2.24. The third-order valence-corrected chi connectivity index (χ3v) is 9.77. The Morgan fingerprint density at radius 1 is 0.660 bits per heavy atom. The van der Waals surface area contributed by atoms with Gasteiger partial charge in [-0.05, 0) is 44.9 Å². The minimum absolute atomic E-state index is 0.186. The summed E-state index contributed by atoms with van der Waals surface area (Å²) in [5.74, 6) is -0.186. The van der Waals surface area contributed by atoms with E-state index >= 15 is 0 Å². The Morgan fingerprint density at radius 2 is 1.12 bits per heavy atom. The lowest BCUT2D eigenvalue weighted by Gasteiger charge is -2.40. The van der Waals surface area contributed by atoms with Crippen LogP contribution in [-0.4, -0.2) is 87.5 Å². The highest BCUT2D eigenvalue weighted by molar-refractivity contribution is 5.76. The predicted octanol–water partition coefficient (Wildman–Crippen LogP) is 7.55. The SMILES string of the molecule is CCCCCC/C=C/C(O)C(COC1OC(CO)C(O)C(O)C1O)NC(=O)CCCCCCCCCCC/C=C\CCCCCCCCCC. The van der Waals surface area contributed by atoms with Crippen molar-refractivity contribution in [2.24, 2.45) is 0 Å². The van der Waals surface area contributed by atoms with E-state index in [1.165, 1.54) is 109 Å². The van der Waals surface area contributed by atoms with Gasteiger partial charge in [-0.25, -0.2) is 0 Å². The van der Waals surface area contributed by atoms with Crippen molar-refractivity contribution in [1.82, 2.24) is 5.32 Å². The van der Waals surface area contributed by atoms with E-state index in [9.17, 15) is 30.3 Å². The van der Waals surface area contributed by atoms with Gasteiger partial charge < -0.3 is 40.3 Å². The van der Waals surface area contributed by atoms with Crippen molar-refractivity contribution < 1.29 is 39.8 Å². The summed E-state index contributed by atoms with van der Waals surface area (Å²) in [6.07, 6.45) is 29.7. The van der Waals surface area contributed by atoms with Gasteiger partial charge in [0.2, 0.25) is 5.91 Å². The number of unbranched alkanes of at least 4 members (excludes halogenated alkanes) is 21. The number of carbonyl (C=O) groups is 1. The number of hydrogen-bond acceptors (Lipinski definition) is 8. The first-order chi connectivity index (χ1) is 24.3. The third kappa shape index (κ3) is 23.3. The fourth-order valence-corrected chi connectivity index (χ4v) is 6.38. The van der Waals surface area contributed by atoms with Crippen molar-refractivity contribution in [3.05, 3.63) is 24.3 Å². The first kappa shape index (κ1) is 46.7. The smallest absolute Gasteiger partial charge is 0.220 e. The Morgan fingerprint density at radius 3 is 1.64 bits per heavy atom. The van der Waals surface area contributed by atoms with Gasteiger partial charge in [0.1, 0.15) is 24.4 Å². The van der Waals surface area contributed by atoms with E-state index in [0.717, 1.165) is 44.9 Å². The van der Waals surface area contributed by atoms with Gasteiger partial charge in [0.15, 0.2) is 6.29 Å². The summed E-state index contributed by atoms with van der Waals surface area (Å²) in [4.78, 5) is 12.8. The maximum Gasteiger partial charge on any atom is 0.220 e. The molecule has 1 amide bonds. The number of carbonyl (C=O) groups excluding carboxylic acids is 1. The van der Waals surface area contributed by atoms with E-state index in [2.05, 4.69) is 31.3 Å². The molecule has 9 heteroatoms. The molecule has 7 unspecified atom stereocenters. The second kappa shape index (κ2) is 32.3. The summed E-state index contributed by atoms with van der Waals surface area (Å²) < 4.78 is 11.1. The third-order valence-electron chi connectivity index (χ3n) is 9.77. The van der Waals surface area contributed by atoms with E-state index < -0.39 is 49.5 Å². The molecule has 6 N–H and O–H groups in total. The summed E-state index contributed by atoms with van der Waals surface area (Å²) in [7, 11) is 0. The Bertz CT molecular complexity index is 837. The fraction of sp³-hybridized carbons (Fsp3) is 0.878. The van der Waals surface area contributed by atoms with Gasteiger partial charge >= 0.3 is 0 Å². The molecule has 294 valence electrons. The topological polar surface area (TPSA) is 149 Å². The summed E-state index contributed by atoms with van der Waals surface area (Å²) in [6, 6.07) is -0.799. The molecule has 0 radical (unpaired) electrons. The molecule has 1 rings (SSSR count). The molecular weight excluding hydrogens is 634 g/mol. The summed E-state index contributed by atoms with van der Waals surface area (Å²) >= 11 is 0. The monoisotopic (exact) mass is 712 g/mol. The Hall–Kier alpha value is -1.33. The molecule has 1 aliphatic heterocycles. The molecule has 0 spiro atoms. The molecule has 1 heterocycles. The highest BCUT2D eigenvalue weighted by atomic mass is 16.7. The number of amides is 1. The molecule has 1 fully saturated rings. The minimum atomic E-state index is -1.56. The first-order valence-corrected chi connectivity index (χ1v) is 20.6. The Kier molecular flexibility index (Phi) is 30.2. The maximum absolute atomic E-state index is 12.8. The van der Waals surface area contributed by atoms with Crippen LogP contribution in [0.2, 0.25) is 0 Å². The van der Waals surface area contributed by atoms with Gasteiger partial charge in [0.05, 0.1) is 25.4 Å². The molecular formula is C41H77NO8. The van der Waals surface area contributed by atoms with Gasteiger partial charge in [0.25, 0.3) is 0 Å². The molecule has 0 aromatic rings. The molecule has 0 aromatic carbocycles. The summed E-state index contributed by atoms with van der Waals surface area (Å²) in [5.41, 5.74) is 0. The lowest BCUT2D eigenvalue weighted by Crippen LogP contribution is -2.60. The van der Waals surface area contributed by atoms with Crippen LogP contribution in [-0.2, 0) is 14.3 Å². The van der Waals surface area contributed by atoms with Crippen LogP contribution in [0.5, 0.6) is 0 Å². The number of hydrogen-bond donors (Lipinski definition) is 6. The quantitative estimate of drug-likeness (QED) is 0.0302. The minimum Gasteiger partial charge on any atom is -0.394 e. The lowest BCUT2D eigenvalue weighted by molar-refractivity contribution is -0.302. The van der Waals surface area contributed by atoms with Crippen molar-refractivity contribution in [2.45, 2.75) is 217 Å². The van der Waals surface area contributed by atoms with Crippen LogP contribution < -0.4 is 5.32 Å². The van der Waals surface area contributed by atoms with Gasteiger partial charge in [-0.3, -0.25) is 4.79 Å². The van der Waals surface area contributed by atoms with Gasteiger partial charge in [-0.1, -0.05) is 147 Å². The van der Waals surface area contributed by atoms with Gasteiger partial charge in [-0.2, -0.15) is 0 Å². The highest BCUT2D eigenvalue weighted by Crippen LogP contribution is 2.22. The van der Waals surface area contributed by atoms with Crippen molar-refractivity contribution >= 4 is 5.91 Å². The van der Waals surface area contributed by atoms with Crippen LogP contribution in [0.15, 0.2) is 24.3 Å². The molecule has 0 bridgehead atoms. The molecule has 0 saturated carbocycles. The van der Waals surface area contributed by atoms with E-state index in [-0.39, 0.29) is 12.5 Å². The normalized spacial score (nSPS) is 22.4. The van der Waals surface area contributed by atoms with E-state index in [4.69, 9.17) is 9.47 Å². The van der Waals surface area contributed by atoms with E-state index in [1.54, 1.807) is 6.08 Å². The summed E-state index contributed by atoms with van der Waals surface area (Å²) in [6.45, 7) is 3.67. The zero-order chi connectivity index (χ0) is 36.7. The average Bonchev–Trinajstić information content (AvgIpc) is 3.11. The van der Waals surface area contributed by atoms with Gasteiger partial charge in [0, 0.05) is 6.42 Å². The standard InChI is InChI=1S/C41H77NO8/c1-3-5-7-9-11-12-13-14-15-16-17-18-19-20-21-22-23-24-25-27-29-31-37(45)42-34(35(44)30-28-26-10-8-6-4-2)33-49-41-40(48)39(47)38(46)36(32-43)50-41/h16-17,28,30,34-36,38-41,43-44,46-48H,3-15,18-27,29,31-33H2,1-2H3,(H,42,45)/b17-16-,30-28+.